The summed E-state index contributed by atoms with van der Waals surface area (Å²) in [5.41, 5.74) is 3.62. The van der Waals surface area contributed by atoms with Gasteiger partial charge in [0.15, 0.2) is 0 Å². The van der Waals surface area contributed by atoms with Gasteiger partial charge in [0.2, 0.25) is 0 Å². The average molecular weight is 397 g/mol. The van der Waals surface area contributed by atoms with Crippen molar-refractivity contribution >= 4 is 32.3 Å². The molecule has 0 amide bonds. The topological polar surface area (TPSA) is 22.1 Å². The van der Waals surface area contributed by atoms with Crippen LogP contribution < -0.4 is 4.74 Å². The molecule has 2 heterocycles. The molecule has 1 aliphatic carbocycles. The average Bonchev–Trinajstić information content (AvgIpc) is 3.23. The quantitative estimate of drug-likeness (QED) is 0.280. The second-order valence-electron chi connectivity index (χ2n) is 8.33. The third-order valence-corrected chi connectivity index (χ3v) is 6.69. The normalized spacial score (nSPS) is 19.0. The van der Waals surface area contributed by atoms with Crippen molar-refractivity contribution in [3.8, 4) is 16.9 Å². The second-order valence-corrected chi connectivity index (χ2v) is 8.33. The van der Waals surface area contributed by atoms with E-state index in [0.29, 0.717) is 5.92 Å². The molecule has 2 atom stereocenters. The van der Waals surface area contributed by atoms with Gasteiger partial charge in [0.05, 0.1) is 0 Å². The van der Waals surface area contributed by atoms with Gasteiger partial charge in [-0.05, 0) is 50.7 Å². The lowest BCUT2D eigenvalue weighted by atomic mass is 9.89. The van der Waals surface area contributed by atoms with Gasteiger partial charge in [-0.25, -0.2) is 0 Å². The first-order valence-electron chi connectivity index (χ1n) is 10.7. The molecule has 0 spiro atoms. The Labute approximate surface area is 180 Å². The number of aromatic nitrogens is 1. The molecule has 0 saturated carbocycles. The maximum Gasteiger partial charge on any atom is 0.132 e. The zero-order valence-corrected chi connectivity index (χ0v) is 16.8. The summed E-state index contributed by atoms with van der Waals surface area (Å²) in [4.78, 5) is 4.41. The minimum atomic E-state index is 0.0949. The van der Waals surface area contributed by atoms with E-state index in [2.05, 4.69) is 96.0 Å². The van der Waals surface area contributed by atoms with Crippen molar-refractivity contribution in [2.45, 2.75) is 12.0 Å². The fourth-order valence-corrected chi connectivity index (χ4v) is 5.26. The lowest BCUT2D eigenvalue weighted by molar-refractivity contribution is 0.270. The standard InChI is InChI=1S/C29H19NO/c1-2-7-21-20(6-1)23-14-15-30-17-27(23)22-13-12-18(16-26(21)22)19-9-5-10-25-24-8-3-4-11-28(24)31-29(19)25/h1-17,24,28H. The minimum absolute atomic E-state index is 0.0949. The van der Waals surface area contributed by atoms with Gasteiger partial charge in [-0.3, -0.25) is 4.98 Å². The first kappa shape index (κ1) is 16.8. The van der Waals surface area contributed by atoms with Gasteiger partial charge in [-0.15, -0.1) is 0 Å². The van der Waals surface area contributed by atoms with Gasteiger partial charge < -0.3 is 4.74 Å². The molecule has 146 valence electrons. The van der Waals surface area contributed by atoms with Crippen molar-refractivity contribution in [1.29, 1.82) is 0 Å². The molecule has 0 saturated heterocycles. The van der Waals surface area contributed by atoms with Crippen LogP contribution in [0.5, 0.6) is 5.75 Å². The summed E-state index contributed by atoms with van der Waals surface area (Å²) in [5, 5.41) is 7.46. The lowest BCUT2D eigenvalue weighted by Crippen LogP contribution is -2.15. The van der Waals surface area contributed by atoms with E-state index in [1.165, 1.54) is 43.4 Å². The van der Waals surface area contributed by atoms with Crippen molar-refractivity contribution in [1.82, 2.24) is 4.98 Å². The van der Waals surface area contributed by atoms with E-state index in [-0.39, 0.29) is 6.10 Å². The minimum Gasteiger partial charge on any atom is -0.484 e. The maximum absolute atomic E-state index is 6.42. The first-order chi connectivity index (χ1) is 15.4. The highest BCUT2D eigenvalue weighted by atomic mass is 16.5. The van der Waals surface area contributed by atoms with E-state index < -0.39 is 0 Å². The number of hydrogen-bond donors (Lipinski definition) is 0. The molecule has 0 radical (unpaired) electrons. The highest BCUT2D eigenvalue weighted by Gasteiger charge is 2.33. The molecular weight excluding hydrogens is 378 g/mol. The Hall–Kier alpha value is -3.91. The lowest BCUT2D eigenvalue weighted by Gasteiger charge is -2.14. The van der Waals surface area contributed by atoms with Crippen LogP contribution in [-0.2, 0) is 0 Å². The Bertz CT molecular complexity index is 1540. The van der Waals surface area contributed by atoms with Crippen molar-refractivity contribution < 1.29 is 4.74 Å². The van der Waals surface area contributed by atoms with E-state index in [1.807, 2.05) is 12.4 Å². The van der Waals surface area contributed by atoms with Gasteiger partial charge in [0.25, 0.3) is 0 Å². The molecule has 0 N–H and O–H groups in total. The van der Waals surface area contributed by atoms with E-state index >= 15 is 0 Å². The maximum atomic E-state index is 6.42. The zero-order valence-electron chi connectivity index (χ0n) is 16.8. The third-order valence-electron chi connectivity index (χ3n) is 6.69. The van der Waals surface area contributed by atoms with Crippen LogP contribution in [0.15, 0.2) is 103 Å². The number of fused-ring (bicyclic) bond motifs is 9. The third kappa shape index (κ3) is 2.36. The van der Waals surface area contributed by atoms with E-state index in [4.69, 9.17) is 4.74 Å². The highest BCUT2D eigenvalue weighted by Crippen LogP contribution is 2.47. The monoisotopic (exact) mass is 397 g/mol. The van der Waals surface area contributed by atoms with E-state index in [1.54, 1.807) is 0 Å². The molecule has 31 heavy (non-hydrogen) atoms. The van der Waals surface area contributed by atoms with Gasteiger partial charge in [0.1, 0.15) is 11.9 Å². The van der Waals surface area contributed by atoms with Crippen molar-refractivity contribution in [3.63, 3.8) is 0 Å². The summed E-state index contributed by atoms with van der Waals surface area (Å²) < 4.78 is 6.42. The molecule has 2 aliphatic rings. The summed E-state index contributed by atoms with van der Waals surface area (Å²) >= 11 is 0. The SMILES string of the molecule is C1=CC2Oc3c(-c4ccc5c6cnccc6c6ccccc6c5c4)cccc3C2C=C1. The second kappa shape index (κ2) is 6.29. The van der Waals surface area contributed by atoms with Gasteiger partial charge in [0, 0.05) is 34.8 Å². The smallest absolute Gasteiger partial charge is 0.132 e. The van der Waals surface area contributed by atoms with E-state index in [9.17, 15) is 0 Å². The number of ether oxygens (including phenoxy) is 1. The fourth-order valence-electron chi connectivity index (χ4n) is 5.26. The predicted molar refractivity (Wildman–Crippen MR) is 128 cm³/mol. The van der Waals surface area contributed by atoms with Crippen LogP contribution >= 0.6 is 0 Å². The van der Waals surface area contributed by atoms with Gasteiger partial charge >= 0.3 is 0 Å². The van der Waals surface area contributed by atoms with Crippen LogP contribution in [-0.4, -0.2) is 11.1 Å². The largest absolute Gasteiger partial charge is 0.484 e. The number of hydrogen-bond acceptors (Lipinski definition) is 2. The first-order valence-corrected chi connectivity index (χ1v) is 10.7. The number of para-hydroxylation sites is 1. The molecule has 1 aliphatic heterocycles. The Morgan fingerprint density at radius 3 is 2.42 bits per heavy atom. The molecule has 4 aromatic carbocycles. The molecular formula is C29H19NO. The molecule has 1 aromatic heterocycles. The summed E-state index contributed by atoms with van der Waals surface area (Å²) in [7, 11) is 0. The van der Waals surface area contributed by atoms with Gasteiger partial charge in [-0.2, -0.15) is 0 Å². The van der Waals surface area contributed by atoms with Crippen molar-refractivity contribution in [2.75, 3.05) is 0 Å². The molecule has 5 aromatic rings. The number of rotatable bonds is 1. The van der Waals surface area contributed by atoms with Crippen LogP contribution in [0.25, 0.3) is 43.4 Å². The molecule has 2 heteroatoms. The fraction of sp³-hybridized carbons (Fsp3) is 0.0690. The van der Waals surface area contributed by atoms with Crippen LogP contribution in [0.1, 0.15) is 11.5 Å². The van der Waals surface area contributed by atoms with Crippen LogP contribution in [0.2, 0.25) is 0 Å². The molecule has 2 nitrogen and oxygen atoms in total. The molecule has 0 fully saturated rings. The number of allylic oxidation sites excluding steroid dienone is 2. The molecule has 0 bridgehead atoms. The zero-order chi connectivity index (χ0) is 20.4. The van der Waals surface area contributed by atoms with Crippen LogP contribution in [0.4, 0.5) is 0 Å². The predicted octanol–water partition coefficient (Wildman–Crippen LogP) is 7.18. The van der Waals surface area contributed by atoms with Crippen molar-refractivity contribution in [3.05, 3.63) is 109 Å². The Balaban J connectivity index is 1.51. The Morgan fingerprint density at radius 2 is 1.48 bits per heavy atom. The number of nitrogens with zero attached hydrogens (tertiary/aromatic N) is 1. The van der Waals surface area contributed by atoms with Crippen LogP contribution in [0, 0.1) is 0 Å². The highest BCUT2D eigenvalue weighted by molar-refractivity contribution is 6.25. The summed E-state index contributed by atoms with van der Waals surface area (Å²) in [5.74, 6) is 1.32. The Morgan fingerprint density at radius 1 is 0.677 bits per heavy atom. The summed E-state index contributed by atoms with van der Waals surface area (Å²) in [6.07, 6.45) is 12.5. The van der Waals surface area contributed by atoms with E-state index in [0.717, 1.165) is 11.3 Å². The number of pyridine rings is 1. The van der Waals surface area contributed by atoms with Crippen LogP contribution in [0.3, 0.4) is 0 Å². The molecule has 7 rings (SSSR count). The van der Waals surface area contributed by atoms with Gasteiger partial charge in [-0.1, -0.05) is 72.8 Å². The van der Waals surface area contributed by atoms with Crippen molar-refractivity contribution in [2.24, 2.45) is 0 Å². The molecule has 2 unspecified atom stereocenters. The Kier molecular flexibility index (Phi) is 3.42. The number of benzene rings is 4. The summed E-state index contributed by atoms with van der Waals surface area (Å²) in [6.45, 7) is 0. The summed E-state index contributed by atoms with van der Waals surface area (Å²) in [6, 6.07) is 24.1.